The van der Waals surface area contributed by atoms with Crippen molar-refractivity contribution in [2.75, 3.05) is 52.5 Å². The van der Waals surface area contributed by atoms with E-state index in [0.29, 0.717) is 44.8 Å². The van der Waals surface area contributed by atoms with Crippen molar-refractivity contribution < 1.29 is 22.7 Å². The van der Waals surface area contributed by atoms with Crippen molar-refractivity contribution in [3.63, 3.8) is 0 Å². The van der Waals surface area contributed by atoms with Crippen molar-refractivity contribution in [2.45, 2.75) is 62.3 Å². The Morgan fingerprint density at radius 3 is 2.32 bits per heavy atom. The summed E-state index contributed by atoms with van der Waals surface area (Å²) in [4.78, 5) is 15.9. The molecule has 1 N–H and O–H groups in total. The summed E-state index contributed by atoms with van der Waals surface area (Å²) in [6, 6.07) is 6.56. The highest BCUT2D eigenvalue weighted by Crippen LogP contribution is 2.34. The Morgan fingerprint density at radius 1 is 1.06 bits per heavy atom. The summed E-state index contributed by atoms with van der Waals surface area (Å²) in [7, 11) is -3.57. The fourth-order valence-corrected chi connectivity index (χ4v) is 7.10. The topological polar surface area (TPSA) is 88.2 Å². The predicted octanol–water partition coefficient (Wildman–Crippen LogP) is 2.64. The molecule has 2 aliphatic heterocycles. The van der Waals surface area contributed by atoms with Crippen LogP contribution in [0.3, 0.4) is 0 Å². The molecule has 1 saturated carbocycles. The molecule has 1 aliphatic carbocycles. The maximum Gasteiger partial charge on any atom is 0.243 e. The number of hydrogen-bond acceptors (Lipinski definition) is 6. The van der Waals surface area contributed by atoms with Crippen molar-refractivity contribution in [1.29, 1.82) is 0 Å². The van der Waals surface area contributed by atoms with Crippen LogP contribution in [0.15, 0.2) is 29.2 Å². The molecule has 1 aromatic rings. The molecule has 8 nitrogen and oxygen atoms in total. The first kappa shape index (κ1) is 25.4. The molecule has 0 bridgehead atoms. The monoisotopic (exact) mass is 493 g/mol. The third-order valence-electron chi connectivity index (χ3n) is 7.66. The fraction of sp³-hybridized carbons (Fsp3) is 0.720. The standard InChI is InChI=1S/C25H39N3O5S/c1-2-33-22-6-8-23(9-7-22)34(30,31)28-14-10-21(11-15-28)24(29)26-20-25(12-4-3-5-13-25)27-16-18-32-19-17-27/h6-9,21H,2-5,10-20H2,1H3,(H,26,29). The number of hydrogen-bond donors (Lipinski definition) is 1. The molecule has 1 amide bonds. The van der Waals surface area contributed by atoms with Gasteiger partial charge in [-0.1, -0.05) is 19.3 Å². The number of amides is 1. The lowest BCUT2D eigenvalue weighted by atomic mass is 9.79. The number of nitrogens with zero attached hydrogens (tertiary/aromatic N) is 2. The lowest BCUT2D eigenvalue weighted by molar-refractivity contribution is -0.127. The molecular formula is C25H39N3O5S. The molecule has 1 aromatic carbocycles. The summed E-state index contributed by atoms with van der Waals surface area (Å²) < 4.78 is 38.6. The molecule has 2 heterocycles. The van der Waals surface area contributed by atoms with Gasteiger partial charge in [-0.2, -0.15) is 4.31 Å². The average Bonchev–Trinajstić information content (AvgIpc) is 2.89. The van der Waals surface area contributed by atoms with E-state index < -0.39 is 10.0 Å². The summed E-state index contributed by atoms with van der Waals surface area (Å²) in [5, 5.41) is 3.26. The minimum absolute atomic E-state index is 0.0371. The van der Waals surface area contributed by atoms with E-state index >= 15 is 0 Å². The molecule has 0 atom stereocenters. The van der Waals surface area contributed by atoms with E-state index in [1.807, 2.05) is 6.92 Å². The Hall–Kier alpha value is -1.68. The van der Waals surface area contributed by atoms with Gasteiger partial charge in [0.25, 0.3) is 0 Å². The third kappa shape index (κ3) is 5.75. The van der Waals surface area contributed by atoms with Crippen LogP contribution in [-0.2, 0) is 19.6 Å². The molecule has 0 radical (unpaired) electrons. The number of carbonyl (C=O) groups is 1. The molecule has 3 aliphatic rings. The van der Waals surface area contributed by atoms with E-state index in [0.717, 1.165) is 39.1 Å². The average molecular weight is 494 g/mol. The zero-order valence-corrected chi connectivity index (χ0v) is 21.2. The van der Waals surface area contributed by atoms with Gasteiger partial charge >= 0.3 is 0 Å². The molecule has 190 valence electrons. The minimum Gasteiger partial charge on any atom is -0.494 e. The number of piperidine rings is 1. The molecule has 2 saturated heterocycles. The molecule has 3 fully saturated rings. The maximum absolute atomic E-state index is 13.1. The summed E-state index contributed by atoms with van der Waals surface area (Å²) >= 11 is 0. The lowest BCUT2D eigenvalue weighted by Gasteiger charge is -2.48. The van der Waals surface area contributed by atoms with Crippen molar-refractivity contribution in [2.24, 2.45) is 5.92 Å². The molecule has 0 aromatic heterocycles. The number of nitrogens with one attached hydrogen (secondary N) is 1. The highest BCUT2D eigenvalue weighted by molar-refractivity contribution is 7.89. The van der Waals surface area contributed by atoms with Gasteiger partial charge in [-0.15, -0.1) is 0 Å². The van der Waals surface area contributed by atoms with Gasteiger partial charge < -0.3 is 14.8 Å². The van der Waals surface area contributed by atoms with Crippen LogP contribution in [-0.4, -0.2) is 81.6 Å². The van der Waals surface area contributed by atoms with Crippen LogP contribution in [0.25, 0.3) is 0 Å². The number of rotatable bonds is 8. The Bertz CT molecular complexity index is 901. The summed E-state index contributed by atoms with van der Waals surface area (Å²) in [6.07, 6.45) is 7.00. The molecule has 0 spiro atoms. The number of ether oxygens (including phenoxy) is 2. The van der Waals surface area contributed by atoms with Gasteiger partial charge in [0.05, 0.1) is 24.7 Å². The first-order valence-corrected chi connectivity index (χ1v) is 14.2. The SMILES string of the molecule is CCOc1ccc(S(=O)(=O)N2CCC(C(=O)NCC3(N4CCOCC4)CCCCC3)CC2)cc1. The van der Waals surface area contributed by atoms with Crippen molar-refractivity contribution in [1.82, 2.24) is 14.5 Å². The fourth-order valence-electron chi connectivity index (χ4n) is 5.63. The van der Waals surface area contributed by atoms with Gasteiger partial charge in [0.1, 0.15) is 5.75 Å². The van der Waals surface area contributed by atoms with Crippen molar-refractivity contribution in [3.8, 4) is 5.75 Å². The zero-order valence-electron chi connectivity index (χ0n) is 20.3. The number of sulfonamides is 1. The van der Waals surface area contributed by atoms with Gasteiger partial charge in [-0.05, 0) is 56.9 Å². The van der Waals surface area contributed by atoms with Gasteiger partial charge in [0, 0.05) is 44.2 Å². The van der Waals surface area contributed by atoms with Crippen LogP contribution in [0, 0.1) is 5.92 Å². The first-order valence-electron chi connectivity index (χ1n) is 12.8. The first-order chi connectivity index (χ1) is 16.4. The Kier molecular flexibility index (Phi) is 8.50. The van der Waals surface area contributed by atoms with E-state index in [-0.39, 0.29) is 22.3 Å². The van der Waals surface area contributed by atoms with Crippen LogP contribution in [0.2, 0.25) is 0 Å². The van der Waals surface area contributed by atoms with E-state index in [9.17, 15) is 13.2 Å². The molecule has 4 rings (SSSR count). The third-order valence-corrected chi connectivity index (χ3v) is 9.57. The summed E-state index contributed by atoms with van der Waals surface area (Å²) in [5.74, 6) is 0.582. The quantitative estimate of drug-likeness (QED) is 0.599. The van der Waals surface area contributed by atoms with Crippen LogP contribution >= 0.6 is 0 Å². The molecule has 34 heavy (non-hydrogen) atoms. The van der Waals surface area contributed by atoms with Crippen molar-refractivity contribution in [3.05, 3.63) is 24.3 Å². The van der Waals surface area contributed by atoms with E-state index in [1.165, 1.54) is 23.6 Å². The van der Waals surface area contributed by atoms with Crippen LogP contribution in [0.4, 0.5) is 0 Å². The van der Waals surface area contributed by atoms with Crippen LogP contribution in [0.5, 0.6) is 5.75 Å². The minimum atomic E-state index is -3.57. The van der Waals surface area contributed by atoms with Gasteiger partial charge in [-0.25, -0.2) is 8.42 Å². The van der Waals surface area contributed by atoms with Crippen LogP contribution in [0.1, 0.15) is 51.9 Å². The second kappa shape index (κ2) is 11.4. The number of morpholine rings is 1. The number of benzene rings is 1. The Labute approximate surface area is 204 Å². The predicted molar refractivity (Wildman–Crippen MR) is 130 cm³/mol. The lowest BCUT2D eigenvalue weighted by Crippen LogP contribution is -2.60. The Balaban J connectivity index is 1.31. The second-order valence-corrected chi connectivity index (χ2v) is 11.6. The molecule has 9 heteroatoms. The van der Waals surface area contributed by atoms with Crippen LogP contribution < -0.4 is 10.1 Å². The second-order valence-electron chi connectivity index (χ2n) is 9.69. The van der Waals surface area contributed by atoms with E-state index in [1.54, 1.807) is 24.3 Å². The highest BCUT2D eigenvalue weighted by Gasteiger charge is 2.40. The summed E-state index contributed by atoms with van der Waals surface area (Å²) in [5.41, 5.74) is 0.0371. The number of carbonyl (C=O) groups excluding carboxylic acids is 1. The highest BCUT2D eigenvalue weighted by atomic mass is 32.2. The smallest absolute Gasteiger partial charge is 0.243 e. The molecular weight excluding hydrogens is 454 g/mol. The Morgan fingerprint density at radius 2 is 1.71 bits per heavy atom. The largest absolute Gasteiger partial charge is 0.494 e. The van der Waals surface area contributed by atoms with Crippen molar-refractivity contribution >= 4 is 15.9 Å². The maximum atomic E-state index is 13.1. The summed E-state index contributed by atoms with van der Waals surface area (Å²) in [6.45, 7) is 7.21. The van der Waals surface area contributed by atoms with Gasteiger partial charge in [-0.3, -0.25) is 9.69 Å². The van der Waals surface area contributed by atoms with E-state index in [2.05, 4.69) is 10.2 Å². The van der Waals surface area contributed by atoms with Gasteiger partial charge in [0.2, 0.25) is 15.9 Å². The molecule has 0 unspecified atom stereocenters. The normalized spacial score (nSPS) is 22.9. The van der Waals surface area contributed by atoms with E-state index in [4.69, 9.17) is 9.47 Å². The van der Waals surface area contributed by atoms with Gasteiger partial charge in [0.15, 0.2) is 0 Å². The zero-order chi connectivity index (χ0) is 24.0.